The van der Waals surface area contributed by atoms with Crippen molar-refractivity contribution in [3.8, 4) is 0 Å². The van der Waals surface area contributed by atoms with Crippen molar-refractivity contribution in [3.05, 3.63) is 0 Å². The predicted octanol–water partition coefficient (Wildman–Crippen LogP) is 1.01. The number of piperazine rings is 1. The second-order valence-corrected chi connectivity index (χ2v) is 5.54. The van der Waals surface area contributed by atoms with Crippen molar-refractivity contribution in [1.29, 1.82) is 0 Å². The number of esters is 1. The van der Waals surface area contributed by atoms with Crippen molar-refractivity contribution in [2.45, 2.75) is 45.7 Å². The third-order valence-corrected chi connectivity index (χ3v) is 4.39. The fourth-order valence-electron chi connectivity index (χ4n) is 2.66. The van der Waals surface area contributed by atoms with Crippen LogP contribution in [0.1, 0.15) is 33.6 Å². The molecular weight excluding hydrogens is 216 g/mol. The normalized spacial score (nSPS) is 29.7. The number of hydrogen-bond donors (Lipinski definition) is 1. The van der Waals surface area contributed by atoms with E-state index in [1.165, 1.54) is 12.8 Å². The maximum atomic E-state index is 12.0. The van der Waals surface area contributed by atoms with E-state index in [-0.39, 0.29) is 12.0 Å². The Hall–Kier alpha value is -0.610. The van der Waals surface area contributed by atoms with Crippen LogP contribution in [-0.4, -0.2) is 49.2 Å². The van der Waals surface area contributed by atoms with E-state index in [4.69, 9.17) is 4.74 Å². The van der Waals surface area contributed by atoms with Crippen LogP contribution >= 0.6 is 0 Å². The minimum atomic E-state index is -0.101. The van der Waals surface area contributed by atoms with Crippen LogP contribution in [0.15, 0.2) is 0 Å². The third kappa shape index (κ3) is 2.63. The highest BCUT2D eigenvalue weighted by Crippen LogP contribution is 2.50. The molecule has 1 saturated heterocycles. The molecule has 1 aliphatic carbocycles. The number of nitrogens with one attached hydrogen (secondary N) is 1. The summed E-state index contributed by atoms with van der Waals surface area (Å²) in [5, 5.41) is 3.29. The van der Waals surface area contributed by atoms with Gasteiger partial charge in [0.15, 0.2) is 0 Å². The van der Waals surface area contributed by atoms with Gasteiger partial charge in [0.25, 0.3) is 0 Å². The average Bonchev–Trinajstić information content (AvgIpc) is 3.08. The summed E-state index contributed by atoms with van der Waals surface area (Å²) in [6.45, 7) is 9.54. The number of carbonyl (C=O) groups excluding carboxylic acids is 1. The van der Waals surface area contributed by atoms with Crippen molar-refractivity contribution in [1.82, 2.24) is 10.2 Å². The lowest BCUT2D eigenvalue weighted by Crippen LogP contribution is -2.59. The summed E-state index contributed by atoms with van der Waals surface area (Å²) in [7, 11) is 0. The van der Waals surface area contributed by atoms with Gasteiger partial charge in [0.05, 0.1) is 6.61 Å². The zero-order valence-electron chi connectivity index (χ0n) is 11.2. The SMILES string of the molecule is CCOC(=O)C1CNCCN1C(C)C1(C)CC1. The quantitative estimate of drug-likeness (QED) is 0.745. The monoisotopic (exact) mass is 240 g/mol. The number of nitrogens with zero attached hydrogens (tertiary/aromatic N) is 1. The van der Waals surface area contributed by atoms with Crippen molar-refractivity contribution in [2.75, 3.05) is 26.2 Å². The molecule has 17 heavy (non-hydrogen) atoms. The Morgan fingerprint density at radius 2 is 2.29 bits per heavy atom. The zero-order valence-corrected chi connectivity index (χ0v) is 11.2. The van der Waals surface area contributed by atoms with Crippen LogP contribution in [-0.2, 0) is 9.53 Å². The molecule has 0 spiro atoms. The first-order valence-corrected chi connectivity index (χ1v) is 6.71. The molecule has 2 aliphatic rings. The fraction of sp³-hybridized carbons (Fsp3) is 0.923. The van der Waals surface area contributed by atoms with E-state index in [0.717, 1.165) is 19.6 Å². The summed E-state index contributed by atoms with van der Waals surface area (Å²) in [4.78, 5) is 14.3. The molecule has 1 saturated carbocycles. The van der Waals surface area contributed by atoms with Gasteiger partial charge in [-0.15, -0.1) is 0 Å². The Bertz CT molecular complexity index is 289. The van der Waals surface area contributed by atoms with Crippen LogP contribution < -0.4 is 5.32 Å². The number of hydrogen-bond acceptors (Lipinski definition) is 4. The second-order valence-electron chi connectivity index (χ2n) is 5.54. The lowest BCUT2D eigenvalue weighted by molar-refractivity contribution is -0.151. The molecular formula is C13H24N2O2. The molecule has 1 N–H and O–H groups in total. The Morgan fingerprint density at radius 1 is 1.59 bits per heavy atom. The van der Waals surface area contributed by atoms with E-state index in [0.29, 0.717) is 18.1 Å². The molecule has 2 rings (SSSR count). The lowest BCUT2D eigenvalue weighted by Gasteiger charge is -2.41. The largest absolute Gasteiger partial charge is 0.465 e. The van der Waals surface area contributed by atoms with Gasteiger partial charge in [0, 0.05) is 25.7 Å². The molecule has 2 unspecified atom stereocenters. The highest BCUT2D eigenvalue weighted by atomic mass is 16.5. The molecule has 0 bridgehead atoms. The maximum absolute atomic E-state index is 12.0. The minimum Gasteiger partial charge on any atom is -0.465 e. The summed E-state index contributed by atoms with van der Waals surface area (Å²) >= 11 is 0. The van der Waals surface area contributed by atoms with Gasteiger partial charge >= 0.3 is 5.97 Å². The molecule has 2 fully saturated rings. The second kappa shape index (κ2) is 4.94. The van der Waals surface area contributed by atoms with Gasteiger partial charge in [-0.25, -0.2) is 0 Å². The molecule has 1 heterocycles. The first-order valence-electron chi connectivity index (χ1n) is 6.71. The van der Waals surface area contributed by atoms with E-state index in [2.05, 4.69) is 24.1 Å². The van der Waals surface area contributed by atoms with Crippen LogP contribution in [0, 0.1) is 5.41 Å². The zero-order chi connectivity index (χ0) is 12.5. The smallest absolute Gasteiger partial charge is 0.324 e. The first kappa shape index (κ1) is 12.8. The van der Waals surface area contributed by atoms with Crippen LogP contribution in [0.3, 0.4) is 0 Å². The van der Waals surface area contributed by atoms with Crippen LogP contribution in [0.25, 0.3) is 0 Å². The topological polar surface area (TPSA) is 41.6 Å². The van der Waals surface area contributed by atoms with Crippen molar-refractivity contribution in [2.24, 2.45) is 5.41 Å². The molecule has 0 radical (unpaired) electrons. The molecule has 0 aromatic rings. The highest BCUT2D eigenvalue weighted by Gasteiger charge is 2.47. The van der Waals surface area contributed by atoms with E-state index >= 15 is 0 Å². The molecule has 4 heteroatoms. The Balaban J connectivity index is 2.03. The van der Waals surface area contributed by atoms with Gasteiger partial charge in [0.1, 0.15) is 6.04 Å². The van der Waals surface area contributed by atoms with Crippen LogP contribution in [0.5, 0.6) is 0 Å². The van der Waals surface area contributed by atoms with Gasteiger partial charge in [-0.3, -0.25) is 9.69 Å². The van der Waals surface area contributed by atoms with Gasteiger partial charge in [-0.05, 0) is 32.1 Å². The molecule has 0 aromatic heterocycles. The standard InChI is InChI=1S/C13H24N2O2/c1-4-17-12(16)11-9-14-7-8-15(11)10(2)13(3)5-6-13/h10-11,14H,4-9H2,1-3H3. The van der Waals surface area contributed by atoms with Gasteiger partial charge < -0.3 is 10.1 Å². The summed E-state index contributed by atoms with van der Waals surface area (Å²) in [5.74, 6) is -0.0733. The van der Waals surface area contributed by atoms with Crippen molar-refractivity contribution < 1.29 is 9.53 Å². The molecule has 1 aliphatic heterocycles. The average molecular weight is 240 g/mol. The Labute approximate surface area is 104 Å². The van der Waals surface area contributed by atoms with Crippen molar-refractivity contribution in [3.63, 3.8) is 0 Å². The summed E-state index contributed by atoms with van der Waals surface area (Å²) in [5.41, 5.74) is 0.419. The molecule has 0 amide bonds. The number of rotatable bonds is 4. The first-order chi connectivity index (χ1) is 8.08. The van der Waals surface area contributed by atoms with E-state index in [9.17, 15) is 4.79 Å². The summed E-state index contributed by atoms with van der Waals surface area (Å²) < 4.78 is 5.17. The van der Waals surface area contributed by atoms with Crippen LogP contribution in [0.2, 0.25) is 0 Å². The van der Waals surface area contributed by atoms with Crippen molar-refractivity contribution >= 4 is 5.97 Å². The predicted molar refractivity (Wildman–Crippen MR) is 66.8 cm³/mol. The molecule has 2 atom stereocenters. The fourth-order valence-corrected chi connectivity index (χ4v) is 2.66. The summed E-state index contributed by atoms with van der Waals surface area (Å²) in [6.07, 6.45) is 2.57. The van der Waals surface area contributed by atoms with Crippen LogP contribution in [0.4, 0.5) is 0 Å². The minimum absolute atomic E-state index is 0.0733. The van der Waals surface area contributed by atoms with Gasteiger partial charge in [-0.2, -0.15) is 0 Å². The lowest BCUT2D eigenvalue weighted by atomic mass is 9.96. The number of ether oxygens (including phenoxy) is 1. The Kier molecular flexibility index (Phi) is 3.73. The summed E-state index contributed by atoms with van der Waals surface area (Å²) in [6, 6.07) is 0.370. The molecule has 4 nitrogen and oxygen atoms in total. The third-order valence-electron chi connectivity index (χ3n) is 4.39. The van der Waals surface area contributed by atoms with Gasteiger partial charge in [-0.1, -0.05) is 6.92 Å². The highest BCUT2D eigenvalue weighted by molar-refractivity contribution is 5.76. The van der Waals surface area contributed by atoms with E-state index in [1.807, 2.05) is 6.92 Å². The van der Waals surface area contributed by atoms with Gasteiger partial charge in [0.2, 0.25) is 0 Å². The number of carbonyl (C=O) groups is 1. The van der Waals surface area contributed by atoms with E-state index < -0.39 is 0 Å². The molecule has 98 valence electrons. The maximum Gasteiger partial charge on any atom is 0.324 e. The Morgan fingerprint density at radius 3 is 2.88 bits per heavy atom. The van der Waals surface area contributed by atoms with E-state index in [1.54, 1.807) is 0 Å². The molecule has 0 aromatic carbocycles.